The number of hydrogen-bond acceptors (Lipinski definition) is 2. The standard InChI is InChI=1S/C14H7Cl2F3N2/c15-12-4-3-10(6-13(12)16)21-9-2-1-8(7-20)11(5-9)14(17,18)19/h1-6,21H. The summed E-state index contributed by atoms with van der Waals surface area (Å²) >= 11 is 11.6. The van der Waals surface area contributed by atoms with Crippen LogP contribution in [0.15, 0.2) is 36.4 Å². The van der Waals surface area contributed by atoms with Gasteiger partial charge in [-0.2, -0.15) is 18.4 Å². The Morgan fingerprint density at radius 1 is 0.952 bits per heavy atom. The number of hydrogen-bond donors (Lipinski definition) is 1. The van der Waals surface area contributed by atoms with E-state index < -0.39 is 17.3 Å². The second-order valence-corrected chi connectivity index (χ2v) is 4.94. The molecule has 2 nitrogen and oxygen atoms in total. The molecule has 0 aliphatic carbocycles. The first-order chi connectivity index (χ1) is 9.81. The number of nitrogens with one attached hydrogen (secondary N) is 1. The van der Waals surface area contributed by atoms with Gasteiger partial charge in [-0.3, -0.25) is 0 Å². The van der Waals surface area contributed by atoms with Crippen molar-refractivity contribution in [2.45, 2.75) is 6.18 Å². The zero-order valence-corrected chi connectivity index (χ0v) is 11.8. The highest BCUT2D eigenvalue weighted by Crippen LogP contribution is 2.34. The maximum absolute atomic E-state index is 12.9. The normalized spacial score (nSPS) is 11.0. The van der Waals surface area contributed by atoms with Gasteiger partial charge in [0.25, 0.3) is 0 Å². The van der Waals surface area contributed by atoms with Crippen LogP contribution in [0.4, 0.5) is 24.5 Å². The van der Waals surface area contributed by atoms with Crippen molar-refractivity contribution in [2.75, 3.05) is 5.32 Å². The first-order valence-corrected chi connectivity index (χ1v) is 6.40. The molecule has 21 heavy (non-hydrogen) atoms. The molecule has 0 heterocycles. The number of halogens is 5. The molecule has 0 saturated heterocycles. The van der Waals surface area contributed by atoms with Gasteiger partial charge in [-0.25, -0.2) is 0 Å². The van der Waals surface area contributed by atoms with Crippen LogP contribution in [0.5, 0.6) is 0 Å². The Bertz CT molecular complexity index is 721. The van der Waals surface area contributed by atoms with E-state index in [2.05, 4.69) is 5.32 Å². The molecular weight excluding hydrogens is 324 g/mol. The SMILES string of the molecule is N#Cc1ccc(Nc2ccc(Cl)c(Cl)c2)cc1C(F)(F)F. The smallest absolute Gasteiger partial charge is 0.355 e. The number of nitrogens with zero attached hydrogens (tertiary/aromatic N) is 1. The molecule has 0 saturated carbocycles. The van der Waals surface area contributed by atoms with Crippen LogP contribution < -0.4 is 5.32 Å². The highest BCUT2D eigenvalue weighted by Gasteiger charge is 2.33. The lowest BCUT2D eigenvalue weighted by Gasteiger charge is -2.12. The van der Waals surface area contributed by atoms with Gasteiger partial charge in [-0.15, -0.1) is 0 Å². The zero-order valence-electron chi connectivity index (χ0n) is 10.3. The number of anilines is 2. The van der Waals surface area contributed by atoms with Crippen molar-refractivity contribution >= 4 is 34.6 Å². The molecule has 1 N–H and O–H groups in total. The first-order valence-electron chi connectivity index (χ1n) is 5.64. The maximum atomic E-state index is 12.9. The van der Waals surface area contributed by atoms with Gasteiger partial charge in [0.2, 0.25) is 0 Å². The predicted octanol–water partition coefficient (Wildman–Crippen LogP) is 5.63. The van der Waals surface area contributed by atoms with Crippen LogP contribution in [0.25, 0.3) is 0 Å². The lowest BCUT2D eigenvalue weighted by Crippen LogP contribution is -2.08. The van der Waals surface area contributed by atoms with E-state index in [0.29, 0.717) is 10.7 Å². The molecule has 0 aromatic heterocycles. The Morgan fingerprint density at radius 3 is 2.14 bits per heavy atom. The highest BCUT2D eigenvalue weighted by atomic mass is 35.5. The third kappa shape index (κ3) is 3.60. The molecule has 0 amide bonds. The van der Waals surface area contributed by atoms with Crippen molar-refractivity contribution in [3.63, 3.8) is 0 Å². The minimum absolute atomic E-state index is 0.194. The summed E-state index contributed by atoms with van der Waals surface area (Å²) < 4.78 is 38.6. The number of nitriles is 1. The lowest BCUT2D eigenvalue weighted by atomic mass is 10.1. The van der Waals surface area contributed by atoms with Crippen molar-refractivity contribution in [1.82, 2.24) is 0 Å². The molecular formula is C14H7Cl2F3N2. The molecule has 0 unspecified atom stereocenters. The van der Waals surface area contributed by atoms with Gasteiger partial charge in [0.05, 0.1) is 27.2 Å². The fourth-order valence-electron chi connectivity index (χ4n) is 1.69. The van der Waals surface area contributed by atoms with E-state index in [-0.39, 0.29) is 10.7 Å². The molecule has 0 aliphatic rings. The van der Waals surface area contributed by atoms with Crippen LogP contribution >= 0.6 is 23.2 Å². The Kier molecular flexibility index (Phi) is 4.31. The summed E-state index contributed by atoms with van der Waals surface area (Å²) in [5.74, 6) is 0. The summed E-state index contributed by atoms with van der Waals surface area (Å²) in [5, 5.41) is 12.1. The van der Waals surface area contributed by atoms with Crippen molar-refractivity contribution in [3.05, 3.63) is 57.6 Å². The molecule has 0 aliphatic heterocycles. The average Bonchev–Trinajstić information content (AvgIpc) is 2.42. The highest BCUT2D eigenvalue weighted by molar-refractivity contribution is 6.42. The molecule has 2 rings (SSSR count). The van der Waals surface area contributed by atoms with E-state index in [4.69, 9.17) is 28.5 Å². The Balaban J connectivity index is 2.37. The van der Waals surface area contributed by atoms with Gasteiger partial charge >= 0.3 is 6.18 Å². The quantitative estimate of drug-likeness (QED) is 0.774. The largest absolute Gasteiger partial charge is 0.417 e. The second-order valence-electron chi connectivity index (χ2n) is 4.12. The lowest BCUT2D eigenvalue weighted by molar-refractivity contribution is -0.137. The summed E-state index contributed by atoms with van der Waals surface area (Å²) in [5.41, 5.74) is -0.737. The summed E-state index contributed by atoms with van der Waals surface area (Å²) in [7, 11) is 0. The molecule has 7 heteroatoms. The second kappa shape index (κ2) is 5.84. The topological polar surface area (TPSA) is 35.8 Å². The van der Waals surface area contributed by atoms with Gasteiger partial charge in [0.1, 0.15) is 0 Å². The third-order valence-corrected chi connectivity index (χ3v) is 3.39. The molecule has 0 fully saturated rings. The van der Waals surface area contributed by atoms with Crippen LogP contribution in [0.1, 0.15) is 11.1 Å². The molecule has 0 radical (unpaired) electrons. The molecule has 0 atom stereocenters. The van der Waals surface area contributed by atoms with Gasteiger partial charge in [-0.05, 0) is 36.4 Å². The number of benzene rings is 2. The monoisotopic (exact) mass is 330 g/mol. The van der Waals surface area contributed by atoms with Crippen LogP contribution in [-0.4, -0.2) is 0 Å². The predicted molar refractivity (Wildman–Crippen MR) is 75.9 cm³/mol. The van der Waals surface area contributed by atoms with Crippen molar-refractivity contribution < 1.29 is 13.2 Å². The summed E-state index contributed by atoms with van der Waals surface area (Å²) in [6, 6.07) is 9.51. The van der Waals surface area contributed by atoms with E-state index in [9.17, 15) is 13.2 Å². The van der Waals surface area contributed by atoms with Gasteiger partial charge in [0.15, 0.2) is 0 Å². The van der Waals surface area contributed by atoms with E-state index in [0.717, 1.165) is 12.1 Å². The molecule has 0 bridgehead atoms. The van der Waals surface area contributed by atoms with E-state index in [1.54, 1.807) is 6.07 Å². The van der Waals surface area contributed by atoms with Gasteiger partial charge in [-0.1, -0.05) is 23.2 Å². The fraction of sp³-hybridized carbons (Fsp3) is 0.0714. The minimum atomic E-state index is -4.60. The Labute approximate surface area is 128 Å². The molecule has 2 aromatic rings. The van der Waals surface area contributed by atoms with E-state index >= 15 is 0 Å². The van der Waals surface area contributed by atoms with E-state index in [1.165, 1.54) is 24.3 Å². The molecule has 0 spiro atoms. The van der Waals surface area contributed by atoms with Crippen LogP contribution in [0.3, 0.4) is 0 Å². The third-order valence-electron chi connectivity index (χ3n) is 2.65. The minimum Gasteiger partial charge on any atom is -0.355 e. The summed E-state index contributed by atoms with van der Waals surface area (Å²) in [6.45, 7) is 0. The molecule has 108 valence electrons. The zero-order chi connectivity index (χ0) is 15.6. The van der Waals surface area contributed by atoms with Crippen LogP contribution in [-0.2, 0) is 6.18 Å². The van der Waals surface area contributed by atoms with Crippen molar-refractivity contribution in [1.29, 1.82) is 5.26 Å². The maximum Gasteiger partial charge on any atom is 0.417 e. The Morgan fingerprint density at radius 2 is 1.57 bits per heavy atom. The van der Waals surface area contributed by atoms with Crippen molar-refractivity contribution in [2.24, 2.45) is 0 Å². The van der Waals surface area contributed by atoms with Crippen LogP contribution in [0, 0.1) is 11.3 Å². The fourth-order valence-corrected chi connectivity index (χ4v) is 1.99. The Hall–Kier alpha value is -1.90. The summed E-state index contributed by atoms with van der Waals surface area (Å²) in [6.07, 6.45) is -4.60. The summed E-state index contributed by atoms with van der Waals surface area (Å²) in [4.78, 5) is 0. The van der Waals surface area contributed by atoms with Gasteiger partial charge < -0.3 is 5.32 Å². The van der Waals surface area contributed by atoms with Crippen LogP contribution in [0.2, 0.25) is 10.0 Å². The number of alkyl halides is 3. The number of rotatable bonds is 2. The van der Waals surface area contributed by atoms with Crippen molar-refractivity contribution in [3.8, 4) is 6.07 Å². The average molecular weight is 331 g/mol. The first kappa shape index (κ1) is 15.5. The van der Waals surface area contributed by atoms with E-state index in [1.807, 2.05) is 0 Å². The molecule has 2 aromatic carbocycles. The van der Waals surface area contributed by atoms with Gasteiger partial charge in [0, 0.05) is 11.4 Å².